The molecule has 0 fully saturated rings. The smallest absolute Gasteiger partial charge is 0.163 e. The van der Waals surface area contributed by atoms with Gasteiger partial charge in [-0.3, -0.25) is 4.79 Å². The number of carbonyl (C=O) groups excluding carboxylic acids is 1. The summed E-state index contributed by atoms with van der Waals surface area (Å²) in [5.41, 5.74) is -0.609. The predicted molar refractivity (Wildman–Crippen MR) is 51.5 cm³/mol. The van der Waals surface area contributed by atoms with E-state index in [9.17, 15) is 4.79 Å². The summed E-state index contributed by atoms with van der Waals surface area (Å²) in [6, 6.07) is 0. The van der Waals surface area contributed by atoms with Gasteiger partial charge in [-0.05, 0) is 12.2 Å². The van der Waals surface area contributed by atoms with Crippen molar-refractivity contribution in [1.82, 2.24) is 0 Å². The molecule has 3 heteroatoms. The Bertz CT molecular complexity index is 264. The van der Waals surface area contributed by atoms with Gasteiger partial charge in [-0.25, -0.2) is 0 Å². The molecule has 1 aliphatic carbocycles. The molecule has 1 unspecified atom stereocenters. The van der Waals surface area contributed by atoms with E-state index in [1.807, 2.05) is 0 Å². The summed E-state index contributed by atoms with van der Waals surface area (Å²) in [4.78, 5) is 11.4. The minimum Gasteiger partial charge on any atom is -0.294 e. The Balaban J connectivity index is 3.08. The molecule has 66 valence electrons. The minimum atomic E-state index is -0.609. The van der Waals surface area contributed by atoms with E-state index in [-0.39, 0.29) is 5.78 Å². The molecule has 0 aliphatic heterocycles. The van der Waals surface area contributed by atoms with E-state index in [0.29, 0.717) is 5.03 Å². The van der Waals surface area contributed by atoms with E-state index in [1.165, 1.54) is 6.08 Å². The van der Waals surface area contributed by atoms with E-state index < -0.39 is 10.8 Å². The highest BCUT2D eigenvalue weighted by atomic mass is 35.5. The molecule has 0 spiro atoms. The van der Waals surface area contributed by atoms with E-state index in [1.54, 1.807) is 26.0 Å². The van der Waals surface area contributed by atoms with Crippen LogP contribution in [0.2, 0.25) is 0 Å². The third-order valence-corrected chi connectivity index (χ3v) is 3.25. The largest absolute Gasteiger partial charge is 0.294 e. The SMILES string of the molecule is CC1(C)C(=O)C=CC=C(Cl)C1Cl. The molecule has 0 N–H and O–H groups in total. The van der Waals surface area contributed by atoms with Crippen LogP contribution in [-0.4, -0.2) is 11.2 Å². The highest BCUT2D eigenvalue weighted by Gasteiger charge is 2.36. The van der Waals surface area contributed by atoms with Crippen LogP contribution < -0.4 is 0 Å². The van der Waals surface area contributed by atoms with Gasteiger partial charge in [0.15, 0.2) is 5.78 Å². The number of carbonyl (C=O) groups is 1. The lowest BCUT2D eigenvalue weighted by molar-refractivity contribution is -0.121. The molecule has 1 aliphatic rings. The van der Waals surface area contributed by atoms with Gasteiger partial charge in [0.25, 0.3) is 0 Å². The number of ketones is 1. The van der Waals surface area contributed by atoms with Gasteiger partial charge in [-0.2, -0.15) is 0 Å². The van der Waals surface area contributed by atoms with Gasteiger partial charge < -0.3 is 0 Å². The number of alkyl halides is 1. The van der Waals surface area contributed by atoms with E-state index in [0.717, 1.165) is 0 Å². The Morgan fingerprint density at radius 1 is 1.50 bits per heavy atom. The highest BCUT2D eigenvalue weighted by molar-refractivity contribution is 6.38. The average molecular weight is 205 g/mol. The van der Waals surface area contributed by atoms with Crippen LogP contribution in [0.5, 0.6) is 0 Å². The van der Waals surface area contributed by atoms with Crippen LogP contribution in [0.15, 0.2) is 23.3 Å². The van der Waals surface area contributed by atoms with Gasteiger partial charge >= 0.3 is 0 Å². The molecule has 0 radical (unpaired) electrons. The lowest BCUT2D eigenvalue weighted by Crippen LogP contribution is -2.32. The Labute approximate surface area is 82.0 Å². The summed E-state index contributed by atoms with van der Waals surface area (Å²) in [7, 11) is 0. The van der Waals surface area contributed by atoms with Crippen LogP contribution in [0.1, 0.15) is 13.8 Å². The van der Waals surface area contributed by atoms with E-state index in [2.05, 4.69) is 0 Å². The summed E-state index contributed by atoms with van der Waals surface area (Å²) < 4.78 is 0. The van der Waals surface area contributed by atoms with Crippen molar-refractivity contribution >= 4 is 29.0 Å². The molecular weight excluding hydrogens is 195 g/mol. The molecule has 12 heavy (non-hydrogen) atoms. The number of hydrogen-bond acceptors (Lipinski definition) is 1. The molecule has 0 aromatic rings. The second-order valence-electron chi connectivity index (χ2n) is 3.36. The van der Waals surface area contributed by atoms with Crippen LogP contribution in [-0.2, 0) is 4.79 Å². The van der Waals surface area contributed by atoms with Crippen molar-refractivity contribution in [2.24, 2.45) is 5.41 Å². The first-order valence-electron chi connectivity index (χ1n) is 3.68. The highest BCUT2D eigenvalue weighted by Crippen LogP contribution is 2.35. The normalized spacial score (nSPS) is 28.2. The van der Waals surface area contributed by atoms with Crippen LogP contribution in [0.4, 0.5) is 0 Å². The summed E-state index contributed by atoms with van der Waals surface area (Å²) in [6.45, 7) is 3.58. The zero-order chi connectivity index (χ0) is 9.35. The third kappa shape index (κ3) is 1.57. The van der Waals surface area contributed by atoms with Crippen molar-refractivity contribution < 1.29 is 4.79 Å². The van der Waals surface area contributed by atoms with Crippen LogP contribution >= 0.6 is 23.2 Å². The quantitative estimate of drug-likeness (QED) is 0.555. The van der Waals surface area contributed by atoms with Gasteiger partial charge in [0.2, 0.25) is 0 Å². The molecule has 0 bridgehead atoms. The lowest BCUT2D eigenvalue weighted by atomic mass is 9.84. The second-order valence-corrected chi connectivity index (χ2v) is 4.23. The van der Waals surface area contributed by atoms with Crippen LogP contribution in [0.3, 0.4) is 0 Å². The standard InChI is InChI=1S/C9H10Cl2O/c1-9(2)7(12)5-3-4-6(10)8(9)11/h3-5,8H,1-2H3. The topological polar surface area (TPSA) is 17.1 Å². The second kappa shape index (κ2) is 3.23. The Morgan fingerprint density at radius 3 is 2.67 bits per heavy atom. The molecular formula is C9H10Cl2O. The number of hydrogen-bond donors (Lipinski definition) is 0. The van der Waals surface area contributed by atoms with Gasteiger partial charge in [-0.15, -0.1) is 11.6 Å². The molecule has 0 saturated carbocycles. The Morgan fingerprint density at radius 2 is 2.08 bits per heavy atom. The van der Waals surface area contributed by atoms with Gasteiger partial charge in [0.05, 0.1) is 5.38 Å². The zero-order valence-corrected chi connectivity index (χ0v) is 8.49. The van der Waals surface area contributed by atoms with E-state index >= 15 is 0 Å². The molecule has 1 atom stereocenters. The Kier molecular flexibility index (Phi) is 2.64. The maximum Gasteiger partial charge on any atom is 0.163 e. The van der Waals surface area contributed by atoms with Gasteiger partial charge in [0, 0.05) is 10.4 Å². The molecule has 0 aromatic carbocycles. The number of rotatable bonds is 0. The minimum absolute atomic E-state index is 0.00870. The van der Waals surface area contributed by atoms with E-state index in [4.69, 9.17) is 23.2 Å². The maximum absolute atomic E-state index is 11.4. The van der Waals surface area contributed by atoms with Gasteiger partial charge in [-0.1, -0.05) is 31.5 Å². The average Bonchev–Trinajstić information content (AvgIpc) is 2.07. The van der Waals surface area contributed by atoms with Crippen molar-refractivity contribution in [3.63, 3.8) is 0 Å². The lowest BCUT2D eigenvalue weighted by Gasteiger charge is -2.25. The first-order valence-corrected chi connectivity index (χ1v) is 4.50. The van der Waals surface area contributed by atoms with Crippen molar-refractivity contribution in [3.8, 4) is 0 Å². The van der Waals surface area contributed by atoms with Gasteiger partial charge in [0.1, 0.15) is 0 Å². The molecule has 0 amide bonds. The summed E-state index contributed by atoms with van der Waals surface area (Å²) >= 11 is 11.8. The Hall–Kier alpha value is -0.270. The monoisotopic (exact) mass is 204 g/mol. The number of halogens is 2. The van der Waals surface area contributed by atoms with Crippen molar-refractivity contribution in [2.75, 3.05) is 0 Å². The molecule has 1 rings (SSSR count). The van der Waals surface area contributed by atoms with Crippen molar-refractivity contribution in [2.45, 2.75) is 19.2 Å². The van der Waals surface area contributed by atoms with Crippen LogP contribution in [0.25, 0.3) is 0 Å². The zero-order valence-electron chi connectivity index (χ0n) is 6.97. The first-order chi connectivity index (χ1) is 5.46. The number of allylic oxidation sites excluding steroid dienone is 4. The predicted octanol–water partition coefficient (Wildman–Crippen LogP) is 2.88. The van der Waals surface area contributed by atoms with Crippen molar-refractivity contribution in [1.29, 1.82) is 0 Å². The first kappa shape index (κ1) is 9.82. The molecule has 0 aromatic heterocycles. The summed E-state index contributed by atoms with van der Waals surface area (Å²) in [5, 5.41) is 0.0884. The fraction of sp³-hybridized carbons (Fsp3) is 0.444. The fourth-order valence-electron chi connectivity index (χ4n) is 0.996. The molecule has 1 nitrogen and oxygen atoms in total. The van der Waals surface area contributed by atoms with Crippen molar-refractivity contribution in [3.05, 3.63) is 23.3 Å². The summed E-state index contributed by atoms with van der Waals surface area (Å²) in [6.07, 6.45) is 4.80. The molecule has 0 heterocycles. The molecule has 0 saturated heterocycles. The summed E-state index contributed by atoms with van der Waals surface area (Å²) in [5.74, 6) is 0.00870. The maximum atomic E-state index is 11.4. The van der Waals surface area contributed by atoms with Crippen LogP contribution in [0, 0.1) is 5.41 Å². The third-order valence-electron chi connectivity index (χ3n) is 2.01. The fourth-order valence-corrected chi connectivity index (χ4v) is 1.52.